The lowest BCUT2D eigenvalue weighted by atomic mass is 9.94. The molecule has 145 heavy (non-hydrogen) atoms. The Hall–Kier alpha value is -15.3. The van der Waals surface area contributed by atoms with Crippen LogP contribution in [0.3, 0.4) is 0 Å². The summed E-state index contributed by atoms with van der Waals surface area (Å²) in [4.78, 5) is 78.9. The van der Waals surface area contributed by atoms with Crippen molar-refractivity contribution in [3.63, 3.8) is 0 Å². The van der Waals surface area contributed by atoms with Crippen molar-refractivity contribution < 1.29 is 36.6 Å². The van der Waals surface area contributed by atoms with Gasteiger partial charge in [0, 0.05) is 187 Å². The first kappa shape index (κ1) is 94.6. The van der Waals surface area contributed by atoms with Gasteiger partial charge in [0.15, 0.2) is 34.9 Å². The minimum atomic E-state index is -0.929. The topological polar surface area (TPSA) is 311 Å². The van der Waals surface area contributed by atoms with E-state index in [4.69, 9.17) is 15.1 Å². The molecule has 7 fully saturated rings. The van der Waals surface area contributed by atoms with Gasteiger partial charge in [-0.25, -0.2) is 56.8 Å². The standard InChI is InChI=1S/C17H19FN4.C17H20N4O.C15H14F2N4.C15H16N4O.C14H13F2N5.C14H14FN5.C14H15N5/c18-9-5-13-6-10-21(11-7-13)16-8-12-22-15-4-2-1-3-14(15)19-17(22)20-16;22-12-8-13-5-9-20(10-6-13)16-7-11-21-15-4-2-1-3-14(15)18-17(21)19-16;16-10-8-12-13(9-11(10)17)21-7-4-14(19-15(21)18-12)20-5-2-1-3-6-20;20-11-5-8-18(9-6-11)14-7-10-19-13-4-2-1-3-12(13)16-15(19)17-14;15-9-1-2-10-13(12(9)16)19-14-18-11(3-6-21(10)14)20-7-4-17-5-8-20;15-10-9-20-12-4-2-1-3-11(12)17-14(20)18-13(10)19-7-5-16-6-8-19;1-2-4-12-11(3-1)16-14-17-13(5-8-19(12)14)18-9-6-15-7-10-18/h1-4,8,12-13H,5-7,9-11H2;1-4,7,11,13,22H,5-6,8-10,12H2;4,7-9H,1-3,5-6H2;1-4,7,10-11,20H,5-6,8-9H2;1-3,6,17H,4-5,7-8H2;1-4,9,16H,5-8H2;1-5,8,15H,6-7,9-10H2. The maximum atomic E-state index is 14.3. The zero-order valence-corrected chi connectivity index (χ0v) is 80.1. The Labute approximate surface area is 828 Å². The number of benzene rings is 7. The van der Waals surface area contributed by atoms with Crippen molar-refractivity contribution in [3.05, 3.63) is 254 Å². The van der Waals surface area contributed by atoms with Gasteiger partial charge >= 0.3 is 0 Å². The maximum absolute atomic E-state index is 14.3. The fraction of sp³-hybridized carbons (Fsp3) is 0.340. The van der Waals surface area contributed by atoms with E-state index < -0.39 is 23.3 Å². The number of aliphatic hydroxyl groups is 2. The molecule has 7 aliphatic rings. The van der Waals surface area contributed by atoms with Crippen molar-refractivity contribution in [1.82, 2.24) is 117 Å². The molecule has 7 saturated heterocycles. The lowest BCUT2D eigenvalue weighted by Crippen LogP contribution is -2.44. The highest BCUT2D eigenvalue weighted by Gasteiger charge is 2.28. The van der Waals surface area contributed by atoms with E-state index in [1.807, 2.05) is 162 Å². The summed E-state index contributed by atoms with van der Waals surface area (Å²) in [6, 6.07) is 56.9. The second-order valence-corrected chi connectivity index (χ2v) is 37.4. The highest BCUT2D eigenvalue weighted by atomic mass is 19.2. The van der Waals surface area contributed by atoms with Crippen LogP contribution < -0.4 is 50.2 Å². The Balaban J connectivity index is 0.0000000964. The summed E-state index contributed by atoms with van der Waals surface area (Å²) in [5.41, 5.74) is 11.4. The Morgan fingerprint density at radius 3 is 0.986 bits per heavy atom. The first-order valence-corrected chi connectivity index (χ1v) is 50.1. The van der Waals surface area contributed by atoms with Crippen LogP contribution in [0.1, 0.15) is 70.6 Å². The quantitative estimate of drug-likeness (QED) is 0.0751. The van der Waals surface area contributed by atoms with Crippen molar-refractivity contribution in [1.29, 1.82) is 0 Å². The minimum absolute atomic E-state index is 0.0139. The Bertz CT molecular complexity index is 8000. The van der Waals surface area contributed by atoms with Gasteiger partial charge in [0.25, 0.3) is 0 Å². The van der Waals surface area contributed by atoms with Gasteiger partial charge in [0.2, 0.25) is 40.4 Å². The van der Waals surface area contributed by atoms with Crippen LogP contribution in [0.2, 0.25) is 0 Å². The van der Waals surface area contributed by atoms with Crippen LogP contribution in [-0.2, 0) is 0 Å². The smallest absolute Gasteiger partial charge is 0.236 e. The van der Waals surface area contributed by atoms with Gasteiger partial charge in [-0.15, -0.1) is 0 Å². The first-order chi connectivity index (χ1) is 71.2. The SMILES string of the molecule is FCCC1CCN(c2ccn3c(n2)nc2ccccc23)CC1.Fc1cc2nc3nc(N4CCCCC4)ccn3c2cc1F.Fc1ccc2c(nc3nc(N4CCNCC4)ccn32)c1F.Fc1cn2c(nc1N1CCNCC1)nc1ccccc12.OC1CCN(c2ccn3c(n2)nc2ccccc23)CC1.OCCC1CCN(c2ccn3c(n2)nc2ccccc23)CC1.c1ccc2c(c1)nc1nc(N3CCNCC3)ccn12. The largest absolute Gasteiger partial charge is 0.396 e. The molecule has 744 valence electrons. The van der Waals surface area contributed by atoms with Crippen molar-refractivity contribution in [2.24, 2.45) is 11.8 Å². The van der Waals surface area contributed by atoms with E-state index in [9.17, 15) is 31.4 Å². The number of fused-ring (bicyclic) bond motifs is 21. The maximum Gasteiger partial charge on any atom is 0.236 e. The number of nitrogens with zero attached hydrogens (tertiary/aromatic N) is 28. The summed E-state index contributed by atoms with van der Waals surface area (Å²) in [5, 5.41) is 28.5. The molecule has 21 aromatic rings. The number of halogens is 6. The second kappa shape index (κ2) is 42.7. The van der Waals surface area contributed by atoms with Crippen LogP contribution >= 0.6 is 0 Å². The predicted molar refractivity (Wildman–Crippen MR) is 554 cm³/mol. The number of nitrogens with one attached hydrogen (secondary N) is 3. The second-order valence-electron chi connectivity index (χ2n) is 37.4. The fourth-order valence-electron chi connectivity index (χ4n) is 20.3. The highest BCUT2D eigenvalue weighted by molar-refractivity contribution is 5.85. The number of hydrogen-bond acceptors (Lipinski definition) is 26. The summed E-state index contributed by atoms with van der Waals surface area (Å²) in [6.45, 7) is 18.5. The van der Waals surface area contributed by atoms with Crippen LogP contribution in [0.25, 0.3) is 118 Å². The van der Waals surface area contributed by atoms with Crippen LogP contribution in [0.15, 0.2) is 225 Å². The van der Waals surface area contributed by atoms with Gasteiger partial charge in [-0.1, -0.05) is 60.7 Å². The van der Waals surface area contributed by atoms with Crippen LogP contribution in [0.5, 0.6) is 0 Å². The summed E-state index contributed by atoms with van der Waals surface area (Å²) >= 11 is 0. The van der Waals surface area contributed by atoms with Crippen molar-refractivity contribution in [3.8, 4) is 0 Å². The number of alkyl halides is 1. The number of aromatic nitrogens is 21. The zero-order chi connectivity index (χ0) is 98.4. The molecule has 0 atom stereocenters. The molecular formula is C106H111F6N31O2. The van der Waals surface area contributed by atoms with E-state index in [-0.39, 0.29) is 24.1 Å². The molecule has 0 radical (unpaired) electrons. The van der Waals surface area contributed by atoms with Crippen molar-refractivity contribution >= 4 is 158 Å². The van der Waals surface area contributed by atoms with Crippen LogP contribution in [0.4, 0.5) is 67.1 Å². The van der Waals surface area contributed by atoms with E-state index in [0.29, 0.717) is 64.6 Å². The van der Waals surface area contributed by atoms with E-state index in [0.717, 1.165) is 307 Å². The molecule has 39 heteroatoms. The lowest BCUT2D eigenvalue weighted by molar-refractivity contribution is 0.145. The molecule has 7 aliphatic heterocycles. The number of rotatable bonds is 11. The number of piperazine rings is 3. The molecule has 14 aromatic heterocycles. The van der Waals surface area contributed by atoms with E-state index in [1.165, 1.54) is 31.5 Å². The van der Waals surface area contributed by atoms with E-state index in [1.54, 1.807) is 19.4 Å². The molecule has 21 heterocycles. The lowest BCUT2D eigenvalue weighted by Gasteiger charge is -2.32. The van der Waals surface area contributed by atoms with Gasteiger partial charge in [-0.2, -0.15) is 34.9 Å². The van der Waals surface area contributed by atoms with Gasteiger partial charge in [0.1, 0.15) is 40.4 Å². The molecule has 28 rings (SSSR count). The third-order valence-corrected chi connectivity index (χ3v) is 28.2. The molecule has 5 N–H and O–H groups in total. The number of imidazole rings is 7. The van der Waals surface area contributed by atoms with Gasteiger partial charge in [-0.3, -0.25) is 35.2 Å². The zero-order valence-electron chi connectivity index (χ0n) is 80.1. The molecule has 0 bridgehead atoms. The fourth-order valence-corrected chi connectivity index (χ4v) is 20.3. The predicted octanol–water partition coefficient (Wildman–Crippen LogP) is 15.2. The summed E-state index contributed by atoms with van der Waals surface area (Å²) in [5.74, 6) is 7.71. The van der Waals surface area contributed by atoms with E-state index in [2.05, 4.69) is 154 Å². The molecule has 33 nitrogen and oxygen atoms in total. The van der Waals surface area contributed by atoms with Crippen LogP contribution in [0, 0.1) is 40.9 Å². The molecule has 0 saturated carbocycles. The Kier molecular flexibility index (Phi) is 27.8. The first-order valence-electron chi connectivity index (χ1n) is 50.1. The van der Waals surface area contributed by atoms with Gasteiger partial charge in [-0.05, 0) is 192 Å². The average molecular weight is 1970 g/mol. The number of anilines is 7. The van der Waals surface area contributed by atoms with E-state index >= 15 is 0 Å². The minimum Gasteiger partial charge on any atom is -0.396 e. The summed E-state index contributed by atoms with van der Waals surface area (Å²) in [6.07, 6.45) is 24.3. The van der Waals surface area contributed by atoms with Crippen molar-refractivity contribution in [2.45, 2.75) is 76.7 Å². The highest BCUT2D eigenvalue weighted by Crippen LogP contribution is 2.33. The number of para-hydroxylation sites is 10. The molecular weight excluding hydrogens is 1850 g/mol. The van der Waals surface area contributed by atoms with Gasteiger partial charge in [0.05, 0.1) is 90.7 Å². The third kappa shape index (κ3) is 20.3. The van der Waals surface area contributed by atoms with Crippen molar-refractivity contribution in [2.75, 3.05) is 178 Å². The Morgan fingerprint density at radius 1 is 0.276 bits per heavy atom. The summed E-state index contributed by atoms with van der Waals surface area (Å²) in [7, 11) is 0. The number of aliphatic hydroxyl groups excluding tert-OH is 2. The number of piperidine rings is 4. The molecule has 0 spiro atoms. The Morgan fingerprint density at radius 2 is 0.593 bits per heavy atom. The molecule has 0 aliphatic carbocycles. The molecule has 0 amide bonds. The monoisotopic (exact) mass is 1960 g/mol. The van der Waals surface area contributed by atoms with Crippen LogP contribution in [-0.4, -0.2) is 261 Å². The van der Waals surface area contributed by atoms with Gasteiger partial charge < -0.3 is 60.5 Å². The average Bonchev–Trinajstić information content (AvgIpc) is 1.59. The number of hydrogen-bond donors (Lipinski definition) is 5. The normalized spacial score (nSPS) is 16.4. The summed E-state index contributed by atoms with van der Waals surface area (Å²) < 4.78 is 93.7. The molecule has 0 unspecified atom stereocenters. The molecule has 7 aromatic carbocycles. The third-order valence-electron chi connectivity index (χ3n) is 28.2.